The molecule has 9 aromatic carbocycles. The second-order valence-corrected chi connectivity index (χ2v) is 24.9. The van der Waals surface area contributed by atoms with Gasteiger partial charge in [0.25, 0.3) is 0 Å². The van der Waals surface area contributed by atoms with Gasteiger partial charge in [0.05, 0.1) is 17.1 Å². The van der Waals surface area contributed by atoms with Gasteiger partial charge >= 0.3 is 0 Å². The summed E-state index contributed by atoms with van der Waals surface area (Å²) in [6.45, 7) is 14.9. The van der Waals surface area contributed by atoms with Gasteiger partial charge in [-0.25, -0.2) is 0 Å². The zero-order valence-corrected chi connectivity index (χ0v) is 40.0. The van der Waals surface area contributed by atoms with Crippen molar-refractivity contribution in [1.82, 2.24) is 0 Å². The molecule has 0 radical (unpaired) electrons. The van der Waals surface area contributed by atoms with Crippen LogP contribution >= 0.6 is 15.1 Å². The van der Waals surface area contributed by atoms with Crippen LogP contribution in [0.3, 0.4) is 0 Å². The lowest BCUT2D eigenvalue weighted by Gasteiger charge is -2.55. The van der Waals surface area contributed by atoms with E-state index in [1.165, 1.54) is 125 Å². The molecule has 0 saturated heterocycles. The molecular weight excluding hydrogens is 833 g/mol. The number of para-hydroxylation sites is 1. The number of benzene rings is 9. The Balaban J connectivity index is 1.01. The molecule has 0 saturated carbocycles. The van der Waals surface area contributed by atoms with Crippen molar-refractivity contribution in [3.8, 4) is 32.9 Å². The zero-order chi connectivity index (χ0) is 44.4. The fraction of sp³-hybridized carbons (Fsp3) is 0.143. The van der Waals surface area contributed by atoms with Gasteiger partial charge in [0, 0.05) is 36.7 Å². The Labute approximate surface area is 389 Å². The maximum Gasteiger partial charge on any atom is 0.0544 e. The van der Waals surface area contributed by atoms with Crippen LogP contribution < -0.4 is 4.90 Å². The first-order chi connectivity index (χ1) is 32.0. The number of hydrogen-bond donors (Lipinski definition) is 0. The fourth-order valence-corrected chi connectivity index (χ4v) is 17.8. The van der Waals surface area contributed by atoms with Gasteiger partial charge in [0.2, 0.25) is 0 Å². The van der Waals surface area contributed by atoms with Crippen molar-refractivity contribution in [3.63, 3.8) is 0 Å². The predicted octanol–water partition coefficient (Wildman–Crippen LogP) is 19.0. The summed E-state index contributed by atoms with van der Waals surface area (Å²) in [6.07, 6.45) is 0. The summed E-state index contributed by atoms with van der Waals surface area (Å²) in [5, 5.41) is 14.2. The highest BCUT2D eigenvalue weighted by atomic mass is 31.1. The minimum absolute atomic E-state index is 0.214. The van der Waals surface area contributed by atoms with Crippen molar-refractivity contribution < 1.29 is 0 Å². The Morgan fingerprint density at radius 3 is 1.06 bits per heavy atom. The Hall–Kier alpha value is -6.62. The quantitative estimate of drug-likeness (QED) is 0.170. The summed E-state index contributed by atoms with van der Waals surface area (Å²) in [5.74, 6) is 0. The molecule has 66 heavy (non-hydrogen) atoms. The van der Waals surface area contributed by atoms with E-state index in [0.29, 0.717) is 0 Å². The molecule has 1 nitrogen and oxygen atoms in total. The molecule has 0 fully saturated rings. The smallest absolute Gasteiger partial charge is 0.0544 e. The highest BCUT2D eigenvalue weighted by Gasteiger charge is 2.52. The molecule has 3 aliphatic rings. The van der Waals surface area contributed by atoms with Gasteiger partial charge in [-0.15, -0.1) is 0 Å². The highest BCUT2D eigenvalue weighted by molar-refractivity contribution is 7.68. The third-order valence-corrected chi connectivity index (χ3v) is 21.1. The lowest BCUT2D eigenvalue weighted by atomic mass is 9.60. The Morgan fingerprint density at radius 1 is 0.288 bits per heavy atom. The summed E-state index contributed by atoms with van der Waals surface area (Å²) < 4.78 is 0. The first kappa shape index (κ1) is 38.6. The van der Waals surface area contributed by atoms with Crippen LogP contribution in [0.15, 0.2) is 188 Å². The molecule has 2 aromatic heterocycles. The molecule has 5 heterocycles. The average molecular weight is 882 g/mol. The maximum absolute atomic E-state index is 2.72. The normalized spacial score (nSPS) is 16.3. The third-order valence-electron chi connectivity index (χ3n) is 16.0. The van der Waals surface area contributed by atoms with Crippen molar-refractivity contribution in [2.75, 3.05) is 4.90 Å². The summed E-state index contributed by atoms with van der Waals surface area (Å²) in [7, 11) is -1.24. The molecule has 2 unspecified atom stereocenters. The van der Waals surface area contributed by atoms with Crippen molar-refractivity contribution in [1.29, 1.82) is 0 Å². The van der Waals surface area contributed by atoms with Crippen LogP contribution in [0.5, 0.6) is 0 Å². The molecule has 3 heteroatoms. The van der Waals surface area contributed by atoms with E-state index in [1.807, 2.05) is 0 Å². The van der Waals surface area contributed by atoms with E-state index in [1.54, 1.807) is 0 Å². The SMILES string of the molecule is CC1(C)c2cccc3c2N2c4c1cc(-c1ccc5c(c1)c1ccccc1p5-c1ccccc1)cc4C(C)(C)c1cc(-c4ccc5c(c4)c4ccccc4p5-c4ccccc4)cc(c12)C3(C)C. The van der Waals surface area contributed by atoms with Gasteiger partial charge in [0.15, 0.2) is 0 Å². The van der Waals surface area contributed by atoms with Crippen molar-refractivity contribution in [2.24, 2.45) is 0 Å². The van der Waals surface area contributed by atoms with E-state index >= 15 is 0 Å². The average Bonchev–Trinajstić information content (AvgIpc) is 3.86. The van der Waals surface area contributed by atoms with Gasteiger partial charge in [-0.3, -0.25) is 0 Å². The van der Waals surface area contributed by atoms with E-state index in [9.17, 15) is 0 Å². The molecule has 11 aromatic rings. The Bertz CT molecular complexity index is 3650. The van der Waals surface area contributed by atoms with E-state index < -0.39 is 15.1 Å². The number of hydrogen-bond acceptors (Lipinski definition) is 1. The van der Waals surface area contributed by atoms with E-state index in [0.717, 1.165) is 0 Å². The van der Waals surface area contributed by atoms with Crippen LogP contribution in [0.4, 0.5) is 17.1 Å². The molecule has 0 N–H and O–H groups in total. The van der Waals surface area contributed by atoms with Crippen LogP contribution in [-0.2, 0) is 16.2 Å². The largest absolute Gasteiger partial charge is 0.309 e. The maximum atomic E-state index is 2.72. The summed E-state index contributed by atoms with van der Waals surface area (Å²) in [5.41, 5.74) is 17.0. The molecule has 316 valence electrons. The fourth-order valence-electron chi connectivity index (χ4n) is 12.6. The summed E-state index contributed by atoms with van der Waals surface area (Å²) in [6, 6.07) is 72.7. The summed E-state index contributed by atoms with van der Waals surface area (Å²) in [4.78, 5) is 2.72. The molecule has 0 bridgehead atoms. The minimum Gasteiger partial charge on any atom is -0.309 e. The van der Waals surface area contributed by atoms with Crippen LogP contribution in [0.2, 0.25) is 0 Å². The molecule has 2 atom stereocenters. The number of nitrogens with zero attached hydrogens (tertiary/aromatic N) is 1. The second-order valence-electron chi connectivity index (χ2n) is 20.6. The van der Waals surface area contributed by atoms with Gasteiger partial charge < -0.3 is 4.90 Å². The van der Waals surface area contributed by atoms with E-state index in [2.05, 4.69) is 234 Å². The molecule has 0 aliphatic carbocycles. The van der Waals surface area contributed by atoms with Crippen molar-refractivity contribution in [2.45, 2.75) is 57.8 Å². The van der Waals surface area contributed by atoms with Crippen molar-refractivity contribution in [3.05, 3.63) is 221 Å². The molecule has 14 rings (SSSR count). The van der Waals surface area contributed by atoms with E-state index in [-0.39, 0.29) is 16.2 Å². The third kappa shape index (κ3) is 4.98. The standard InChI is InChI=1S/C63H49NP2/c1-61(2)48-24-17-25-49-58(48)64-59-50(61)34-40(38-28-30-56-46(32-38)44-22-13-15-26-54(44)65(56)42-18-9-7-10-19-42)36-52(59)63(5,6)53-37-41(35-51(60(53)64)62(49,3)4)39-29-31-57-47(33-39)45-23-14-16-27-55(45)66(57)43-20-11-8-12-21-43/h7-37H,1-6H3. The molecule has 3 aliphatic heterocycles. The van der Waals surface area contributed by atoms with Gasteiger partial charge in [-0.05, 0) is 136 Å². The van der Waals surface area contributed by atoms with Crippen LogP contribution in [0.1, 0.15) is 74.9 Å². The van der Waals surface area contributed by atoms with Gasteiger partial charge in [-0.1, -0.05) is 196 Å². The lowest BCUT2D eigenvalue weighted by Crippen LogP contribution is -2.43. The van der Waals surface area contributed by atoms with Crippen LogP contribution in [-0.4, -0.2) is 0 Å². The monoisotopic (exact) mass is 881 g/mol. The van der Waals surface area contributed by atoms with Gasteiger partial charge in [-0.2, -0.15) is 0 Å². The summed E-state index contributed by atoms with van der Waals surface area (Å²) >= 11 is 0. The molecule has 0 amide bonds. The van der Waals surface area contributed by atoms with Crippen LogP contribution in [0.25, 0.3) is 74.9 Å². The Kier molecular flexibility index (Phi) is 7.76. The number of anilines is 3. The zero-order valence-electron chi connectivity index (χ0n) is 38.2. The minimum atomic E-state index is -0.618. The van der Waals surface area contributed by atoms with Gasteiger partial charge in [0.1, 0.15) is 0 Å². The Morgan fingerprint density at radius 2 is 0.636 bits per heavy atom. The topological polar surface area (TPSA) is 3.24 Å². The molecule has 0 spiro atoms. The second kappa shape index (κ2) is 13.3. The highest BCUT2D eigenvalue weighted by Crippen LogP contribution is 2.67. The number of fused-ring (bicyclic) bond motifs is 6. The first-order valence-corrected chi connectivity index (χ1v) is 26.2. The van der Waals surface area contributed by atoms with Crippen molar-refractivity contribution >= 4 is 74.1 Å². The number of rotatable bonds is 4. The van der Waals surface area contributed by atoms with E-state index in [4.69, 9.17) is 0 Å². The predicted molar refractivity (Wildman–Crippen MR) is 286 cm³/mol. The molecular formula is C63H49NP2. The lowest BCUT2D eigenvalue weighted by molar-refractivity contribution is 0.567. The first-order valence-electron chi connectivity index (χ1n) is 23.5. The van der Waals surface area contributed by atoms with Crippen LogP contribution in [0, 0.1) is 0 Å².